The molecule has 0 N–H and O–H groups in total. The van der Waals surface area contributed by atoms with E-state index in [0.717, 1.165) is 0 Å². The smallest absolute Gasteiger partial charge is 0.220 e. The predicted octanol–water partition coefficient (Wildman–Crippen LogP) is 2.14. The molecule has 0 spiro atoms. The molecule has 0 aliphatic rings. The summed E-state index contributed by atoms with van der Waals surface area (Å²) in [6, 6.07) is 4.87. The average Bonchev–Trinajstić information content (AvgIpc) is 2.35. The highest BCUT2D eigenvalue weighted by Crippen LogP contribution is 2.33. The number of benzene rings is 1. The van der Waals surface area contributed by atoms with Gasteiger partial charge < -0.3 is 9.47 Å². The summed E-state index contributed by atoms with van der Waals surface area (Å²) in [7, 11) is 2.98. The first-order valence-corrected chi connectivity index (χ1v) is 5.35. The van der Waals surface area contributed by atoms with Gasteiger partial charge >= 0.3 is 0 Å². The van der Waals surface area contributed by atoms with Crippen LogP contribution < -0.4 is 9.47 Å². The minimum atomic E-state index is -1.03. The third kappa shape index (κ3) is 2.97. The van der Waals surface area contributed by atoms with Gasteiger partial charge in [-0.2, -0.15) is 0 Å². The van der Waals surface area contributed by atoms with Crippen molar-refractivity contribution in [3.8, 4) is 11.5 Å². The fourth-order valence-corrected chi connectivity index (χ4v) is 1.68. The zero-order valence-electron chi connectivity index (χ0n) is 9.82. The van der Waals surface area contributed by atoms with Crippen LogP contribution in [0.4, 0.5) is 0 Å². The van der Waals surface area contributed by atoms with Gasteiger partial charge in [-0.15, -0.1) is 11.6 Å². The summed E-state index contributed by atoms with van der Waals surface area (Å²) in [6.07, 6.45) is 0. The highest BCUT2D eigenvalue weighted by molar-refractivity contribution is 6.49. The van der Waals surface area contributed by atoms with E-state index < -0.39 is 16.9 Å². The lowest BCUT2D eigenvalue weighted by atomic mass is 10.0. The molecule has 92 valence electrons. The molecule has 1 atom stereocenters. The van der Waals surface area contributed by atoms with Crippen LogP contribution >= 0.6 is 11.6 Å². The van der Waals surface area contributed by atoms with Gasteiger partial charge in [-0.25, -0.2) is 0 Å². The topological polar surface area (TPSA) is 52.6 Å². The van der Waals surface area contributed by atoms with E-state index in [1.807, 2.05) is 0 Å². The first kappa shape index (κ1) is 13.5. The van der Waals surface area contributed by atoms with Gasteiger partial charge in [-0.1, -0.05) is 0 Å². The molecule has 5 heteroatoms. The molecule has 1 unspecified atom stereocenters. The van der Waals surface area contributed by atoms with Crippen molar-refractivity contribution in [1.82, 2.24) is 0 Å². The summed E-state index contributed by atoms with van der Waals surface area (Å²) >= 11 is 5.94. The Morgan fingerprint density at radius 3 is 2.35 bits per heavy atom. The van der Waals surface area contributed by atoms with Crippen molar-refractivity contribution in [3.63, 3.8) is 0 Å². The molecule has 0 aromatic heterocycles. The van der Waals surface area contributed by atoms with Crippen molar-refractivity contribution in [2.24, 2.45) is 0 Å². The molecule has 0 saturated heterocycles. The molecule has 0 aliphatic heterocycles. The summed E-state index contributed by atoms with van der Waals surface area (Å²) in [5.74, 6) is -0.235. The number of ketones is 2. The van der Waals surface area contributed by atoms with Crippen LogP contribution in [0.25, 0.3) is 0 Å². The maximum absolute atomic E-state index is 11.5. The van der Waals surface area contributed by atoms with Crippen LogP contribution in [0.1, 0.15) is 17.9 Å². The fourth-order valence-electron chi connectivity index (χ4n) is 1.35. The Morgan fingerprint density at radius 2 is 1.88 bits per heavy atom. The quantitative estimate of drug-likeness (QED) is 0.598. The highest BCUT2D eigenvalue weighted by Gasteiger charge is 2.24. The molecule has 0 saturated carbocycles. The number of rotatable bonds is 5. The molecule has 0 fully saturated rings. The van der Waals surface area contributed by atoms with Crippen molar-refractivity contribution in [3.05, 3.63) is 23.8 Å². The summed E-state index contributed by atoms with van der Waals surface area (Å²) in [6.45, 7) is 1.19. The van der Waals surface area contributed by atoms with Crippen LogP contribution in [-0.2, 0) is 9.59 Å². The number of carbonyl (C=O) groups is 2. The van der Waals surface area contributed by atoms with E-state index in [2.05, 4.69) is 0 Å². The highest BCUT2D eigenvalue weighted by atomic mass is 35.5. The number of hydrogen-bond acceptors (Lipinski definition) is 4. The number of ether oxygens (including phenoxy) is 2. The molecular formula is C12H13ClO4. The molecule has 17 heavy (non-hydrogen) atoms. The molecule has 1 aromatic carbocycles. The van der Waals surface area contributed by atoms with Gasteiger partial charge in [0.2, 0.25) is 5.78 Å². The van der Waals surface area contributed by atoms with Gasteiger partial charge in [0.1, 0.15) is 16.9 Å². The Labute approximate surface area is 104 Å². The lowest BCUT2D eigenvalue weighted by Gasteiger charge is -2.13. The third-order valence-electron chi connectivity index (χ3n) is 2.29. The molecule has 0 radical (unpaired) electrons. The normalized spacial score (nSPS) is 11.8. The molecule has 1 rings (SSSR count). The largest absolute Gasteiger partial charge is 0.497 e. The molecule has 0 aliphatic carbocycles. The molecule has 0 heterocycles. The number of halogens is 1. The Morgan fingerprint density at radius 1 is 1.24 bits per heavy atom. The third-order valence-corrected chi connectivity index (χ3v) is 2.72. The van der Waals surface area contributed by atoms with Crippen LogP contribution in [-0.4, -0.2) is 25.8 Å². The van der Waals surface area contributed by atoms with Crippen LogP contribution in [0, 0.1) is 0 Å². The predicted molar refractivity (Wildman–Crippen MR) is 63.8 cm³/mol. The number of methoxy groups -OCH3 is 2. The van der Waals surface area contributed by atoms with Gasteiger partial charge in [0.25, 0.3) is 0 Å². The number of carbonyl (C=O) groups excluding carboxylic acids is 2. The van der Waals surface area contributed by atoms with Gasteiger partial charge in [0.05, 0.1) is 14.2 Å². The minimum Gasteiger partial charge on any atom is -0.497 e. The summed E-state index contributed by atoms with van der Waals surface area (Å²) in [5, 5.41) is -1.03. The molecule has 0 bridgehead atoms. The standard InChI is InChI=1S/C12H13ClO4/c1-7(14)12(15)11(13)9-5-4-8(16-2)6-10(9)17-3/h4-6,11H,1-3H3. The van der Waals surface area contributed by atoms with Crippen LogP contribution in [0.2, 0.25) is 0 Å². The van der Waals surface area contributed by atoms with Crippen molar-refractivity contribution < 1.29 is 19.1 Å². The number of Topliss-reactive ketones (excluding diaryl/α,β-unsaturated/α-hetero) is 2. The zero-order chi connectivity index (χ0) is 13.0. The first-order valence-electron chi connectivity index (χ1n) is 4.92. The lowest BCUT2D eigenvalue weighted by molar-refractivity contribution is -0.135. The monoisotopic (exact) mass is 256 g/mol. The van der Waals surface area contributed by atoms with E-state index >= 15 is 0 Å². The SMILES string of the molecule is COc1ccc(C(Cl)C(=O)C(C)=O)c(OC)c1. The Hall–Kier alpha value is -1.55. The summed E-state index contributed by atoms with van der Waals surface area (Å²) in [5.41, 5.74) is 0.454. The minimum absolute atomic E-state index is 0.416. The van der Waals surface area contributed by atoms with E-state index in [0.29, 0.717) is 17.1 Å². The van der Waals surface area contributed by atoms with E-state index in [4.69, 9.17) is 21.1 Å². The molecule has 4 nitrogen and oxygen atoms in total. The molecular weight excluding hydrogens is 244 g/mol. The van der Waals surface area contributed by atoms with E-state index in [1.165, 1.54) is 21.1 Å². The van der Waals surface area contributed by atoms with Gasteiger partial charge in [-0.3, -0.25) is 9.59 Å². The van der Waals surface area contributed by atoms with Crippen molar-refractivity contribution in [2.75, 3.05) is 14.2 Å². The second-order valence-electron chi connectivity index (χ2n) is 3.39. The Balaban J connectivity index is 3.13. The van der Waals surface area contributed by atoms with Gasteiger partial charge in [0.15, 0.2) is 5.78 Å². The Bertz CT molecular complexity index is 442. The summed E-state index contributed by atoms with van der Waals surface area (Å²) in [4.78, 5) is 22.5. The van der Waals surface area contributed by atoms with Crippen molar-refractivity contribution >= 4 is 23.2 Å². The van der Waals surface area contributed by atoms with Crippen LogP contribution in [0.3, 0.4) is 0 Å². The van der Waals surface area contributed by atoms with Crippen LogP contribution in [0.15, 0.2) is 18.2 Å². The van der Waals surface area contributed by atoms with Crippen molar-refractivity contribution in [2.45, 2.75) is 12.3 Å². The fraction of sp³-hybridized carbons (Fsp3) is 0.333. The average molecular weight is 257 g/mol. The zero-order valence-corrected chi connectivity index (χ0v) is 10.6. The number of hydrogen-bond donors (Lipinski definition) is 0. The van der Waals surface area contributed by atoms with Gasteiger partial charge in [-0.05, 0) is 12.1 Å². The first-order chi connectivity index (χ1) is 8.01. The second-order valence-corrected chi connectivity index (χ2v) is 3.83. The van der Waals surface area contributed by atoms with E-state index in [1.54, 1.807) is 18.2 Å². The second kappa shape index (κ2) is 5.68. The number of alkyl halides is 1. The molecule has 1 aromatic rings. The van der Waals surface area contributed by atoms with E-state index in [-0.39, 0.29) is 0 Å². The van der Waals surface area contributed by atoms with E-state index in [9.17, 15) is 9.59 Å². The van der Waals surface area contributed by atoms with Crippen LogP contribution in [0.5, 0.6) is 11.5 Å². The van der Waals surface area contributed by atoms with Crippen molar-refractivity contribution in [1.29, 1.82) is 0 Å². The van der Waals surface area contributed by atoms with Gasteiger partial charge in [0, 0.05) is 18.6 Å². The molecule has 0 amide bonds. The lowest BCUT2D eigenvalue weighted by Crippen LogP contribution is -2.16. The maximum atomic E-state index is 11.5. The maximum Gasteiger partial charge on any atom is 0.220 e. The summed E-state index contributed by atoms with van der Waals surface area (Å²) < 4.78 is 10.1. The Kier molecular flexibility index (Phi) is 4.52.